The highest BCUT2D eigenvalue weighted by Gasteiger charge is 2.43. The van der Waals surface area contributed by atoms with E-state index in [1.807, 2.05) is 19.9 Å². The second kappa shape index (κ2) is 4.17. The van der Waals surface area contributed by atoms with Crippen molar-refractivity contribution in [1.82, 2.24) is 0 Å². The molecule has 0 spiro atoms. The van der Waals surface area contributed by atoms with Crippen molar-refractivity contribution in [1.29, 1.82) is 5.26 Å². The van der Waals surface area contributed by atoms with Crippen molar-refractivity contribution in [2.75, 3.05) is 13.2 Å². The van der Waals surface area contributed by atoms with Gasteiger partial charge in [-0.15, -0.1) is 11.3 Å². The van der Waals surface area contributed by atoms with E-state index in [4.69, 9.17) is 4.74 Å². The molecule has 1 N–H and O–H groups in total. The van der Waals surface area contributed by atoms with Crippen molar-refractivity contribution in [3.05, 3.63) is 21.4 Å². The summed E-state index contributed by atoms with van der Waals surface area (Å²) in [6.45, 7) is 4.89. The molecule has 0 amide bonds. The fourth-order valence-corrected chi connectivity index (χ4v) is 3.12. The minimum atomic E-state index is -0.752. The average molecular weight is 237 g/mol. The number of hydrogen-bond acceptors (Lipinski definition) is 4. The summed E-state index contributed by atoms with van der Waals surface area (Å²) in [6, 6.07) is 4.22. The Hall–Kier alpha value is -0.890. The molecule has 1 aliphatic heterocycles. The van der Waals surface area contributed by atoms with Gasteiger partial charge in [-0.2, -0.15) is 5.26 Å². The van der Waals surface area contributed by atoms with Gasteiger partial charge in [0.1, 0.15) is 11.5 Å². The standard InChI is InChI=1S/C12H15NO2S/c1-8-5-10(9(2)16-8)11(14)12(6-13)3-4-15-7-12/h5,11,14H,3-4,7H2,1-2H3. The van der Waals surface area contributed by atoms with Gasteiger partial charge in [-0.1, -0.05) is 0 Å². The predicted octanol–water partition coefficient (Wildman–Crippen LogP) is 2.33. The molecule has 16 heavy (non-hydrogen) atoms. The highest BCUT2D eigenvalue weighted by Crippen LogP contribution is 2.43. The summed E-state index contributed by atoms with van der Waals surface area (Å²) in [4.78, 5) is 2.25. The van der Waals surface area contributed by atoms with Crippen LogP contribution in [0.3, 0.4) is 0 Å². The minimum absolute atomic E-state index is 0.332. The molecule has 1 aromatic heterocycles. The molecule has 1 saturated heterocycles. The van der Waals surface area contributed by atoms with Crippen LogP contribution in [0.15, 0.2) is 6.07 Å². The molecule has 1 fully saturated rings. The zero-order chi connectivity index (χ0) is 11.8. The topological polar surface area (TPSA) is 53.2 Å². The van der Waals surface area contributed by atoms with Crippen LogP contribution in [0.1, 0.15) is 27.8 Å². The first kappa shape index (κ1) is 11.6. The molecule has 3 nitrogen and oxygen atoms in total. The van der Waals surface area contributed by atoms with Gasteiger partial charge in [0.05, 0.1) is 12.7 Å². The highest BCUT2D eigenvalue weighted by molar-refractivity contribution is 7.12. The molecule has 4 heteroatoms. The lowest BCUT2D eigenvalue weighted by Crippen LogP contribution is -2.27. The van der Waals surface area contributed by atoms with Gasteiger partial charge in [-0.3, -0.25) is 0 Å². The van der Waals surface area contributed by atoms with Gasteiger partial charge < -0.3 is 9.84 Å². The van der Waals surface area contributed by atoms with Crippen LogP contribution in [0.4, 0.5) is 0 Å². The van der Waals surface area contributed by atoms with E-state index < -0.39 is 11.5 Å². The summed E-state index contributed by atoms with van der Waals surface area (Å²) >= 11 is 1.66. The van der Waals surface area contributed by atoms with Crippen molar-refractivity contribution in [2.45, 2.75) is 26.4 Å². The third kappa shape index (κ3) is 1.75. The van der Waals surface area contributed by atoms with Crippen LogP contribution in [0.2, 0.25) is 0 Å². The summed E-state index contributed by atoms with van der Waals surface area (Å²) in [6.07, 6.45) is -0.121. The third-order valence-corrected chi connectivity index (χ3v) is 4.15. The number of hydrogen-bond donors (Lipinski definition) is 1. The number of rotatable bonds is 2. The molecule has 0 saturated carbocycles. The van der Waals surface area contributed by atoms with E-state index in [9.17, 15) is 10.4 Å². The maximum atomic E-state index is 10.4. The van der Waals surface area contributed by atoms with E-state index >= 15 is 0 Å². The molecule has 1 aromatic rings. The van der Waals surface area contributed by atoms with Crippen LogP contribution >= 0.6 is 11.3 Å². The molecule has 86 valence electrons. The zero-order valence-electron chi connectivity index (χ0n) is 9.49. The predicted molar refractivity (Wildman–Crippen MR) is 62.2 cm³/mol. The van der Waals surface area contributed by atoms with Crippen molar-refractivity contribution < 1.29 is 9.84 Å². The van der Waals surface area contributed by atoms with Gasteiger partial charge in [-0.05, 0) is 31.9 Å². The van der Waals surface area contributed by atoms with Crippen LogP contribution in [0, 0.1) is 30.6 Å². The highest BCUT2D eigenvalue weighted by atomic mass is 32.1. The first-order chi connectivity index (χ1) is 7.59. The molecule has 2 heterocycles. The number of thiophene rings is 1. The Bertz CT molecular complexity index is 427. The minimum Gasteiger partial charge on any atom is -0.387 e. The van der Waals surface area contributed by atoms with Gasteiger partial charge in [-0.25, -0.2) is 0 Å². The maximum Gasteiger partial charge on any atom is 0.113 e. The summed E-state index contributed by atoms with van der Waals surface area (Å²) in [7, 11) is 0. The molecule has 1 aliphatic rings. The number of aryl methyl sites for hydroxylation is 2. The molecule has 2 rings (SSSR count). The van der Waals surface area contributed by atoms with E-state index in [0.717, 1.165) is 10.4 Å². The van der Waals surface area contributed by atoms with Crippen molar-refractivity contribution in [3.8, 4) is 6.07 Å². The number of nitrogens with zero attached hydrogens (tertiary/aromatic N) is 1. The Balaban J connectivity index is 2.34. The van der Waals surface area contributed by atoms with E-state index in [1.165, 1.54) is 4.88 Å². The number of nitriles is 1. The first-order valence-corrected chi connectivity index (χ1v) is 6.15. The zero-order valence-corrected chi connectivity index (χ0v) is 10.3. The van der Waals surface area contributed by atoms with Crippen molar-refractivity contribution in [3.63, 3.8) is 0 Å². The lowest BCUT2D eigenvalue weighted by atomic mass is 9.79. The molecular weight excluding hydrogens is 222 g/mol. The fourth-order valence-electron chi connectivity index (χ4n) is 2.17. The normalized spacial score (nSPS) is 26.6. The van der Waals surface area contributed by atoms with E-state index in [0.29, 0.717) is 19.6 Å². The van der Waals surface area contributed by atoms with E-state index in [-0.39, 0.29) is 0 Å². The maximum absolute atomic E-state index is 10.4. The monoisotopic (exact) mass is 237 g/mol. The second-order valence-electron chi connectivity index (χ2n) is 4.34. The largest absolute Gasteiger partial charge is 0.387 e. The molecule has 0 aromatic carbocycles. The summed E-state index contributed by atoms with van der Waals surface area (Å²) in [5, 5.41) is 19.6. The lowest BCUT2D eigenvalue weighted by molar-refractivity contribution is 0.0503. The van der Waals surface area contributed by atoms with Gasteiger partial charge >= 0.3 is 0 Å². The van der Waals surface area contributed by atoms with E-state index in [2.05, 4.69) is 6.07 Å². The molecule has 2 unspecified atom stereocenters. The Morgan fingerprint density at radius 2 is 2.38 bits per heavy atom. The summed E-state index contributed by atoms with van der Waals surface area (Å²) in [5.74, 6) is 0. The third-order valence-electron chi connectivity index (χ3n) is 3.17. The number of aliphatic hydroxyl groups is 1. The summed E-state index contributed by atoms with van der Waals surface area (Å²) < 4.78 is 5.26. The molecule has 0 bridgehead atoms. The second-order valence-corrected chi connectivity index (χ2v) is 5.80. The van der Waals surface area contributed by atoms with Crippen molar-refractivity contribution >= 4 is 11.3 Å². The average Bonchev–Trinajstić information content (AvgIpc) is 2.85. The quantitative estimate of drug-likeness (QED) is 0.859. The Labute approximate surface area is 99.3 Å². The van der Waals surface area contributed by atoms with Crippen LogP contribution in [-0.4, -0.2) is 18.3 Å². The summed E-state index contributed by atoms with van der Waals surface area (Å²) in [5.41, 5.74) is 0.132. The van der Waals surface area contributed by atoms with Crippen LogP contribution < -0.4 is 0 Å². The van der Waals surface area contributed by atoms with Crippen LogP contribution in [0.5, 0.6) is 0 Å². The van der Waals surface area contributed by atoms with Gasteiger partial charge in [0.2, 0.25) is 0 Å². The first-order valence-electron chi connectivity index (χ1n) is 5.33. The van der Waals surface area contributed by atoms with Crippen LogP contribution in [-0.2, 0) is 4.74 Å². The van der Waals surface area contributed by atoms with Crippen molar-refractivity contribution in [2.24, 2.45) is 5.41 Å². The Morgan fingerprint density at radius 1 is 1.62 bits per heavy atom. The van der Waals surface area contributed by atoms with Gasteiger partial charge in [0.15, 0.2) is 0 Å². The van der Waals surface area contributed by atoms with Gasteiger partial charge in [0.25, 0.3) is 0 Å². The number of ether oxygens (including phenoxy) is 1. The Morgan fingerprint density at radius 3 is 2.81 bits per heavy atom. The van der Waals surface area contributed by atoms with E-state index in [1.54, 1.807) is 11.3 Å². The molecule has 0 aliphatic carbocycles. The van der Waals surface area contributed by atoms with Crippen LogP contribution in [0.25, 0.3) is 0 Å². The molecular formula is C12H15NO2S. The SMILES string of the molecule is Cc1cc(C(O)C2(C#N)CCOC2)c(C)s1. The molecule has 2 atom stereocenters. The fraction of sp³-hybridized carbons (Fsp3) is 0.583. The molecule has 0 radical (unpaired) electrons. The Kier molecular flexibility index (Phi) is 3.02. The number of aliphatic hydroxyl groups excluding tert-OH is 1. The lowest BCUT2D eigenvalue weighted by Gasteiger charge is -2.25. The smallest absolute Gasteiger partial charge is 0.113 e. The van der Waals surface area contributed by atoms with Gasteiger partial charge in [0, 0.05) is 16.4 Å².